The molecule has 0 fully saturated rings. The zero-order chi connectivity index (χ0) is 13.7. The molecule has 0 saturated heterocycles. The Balaban J connectivity index is 2.11. The van der Waals surface area contributed by atoms with Crippen molar-refractivity contribution in [1.82, 2.24) is 0 Å². The van der Waals surface area contributed by atoms with Crippen molar-refractivity contribution in [3.05, 3.63) is 57.8 Å². The van der Waals surface area contributed by atoms with E-state index in [1.54, 1.807) is 17.4 Å². The molecule has 0 spiro atoms. The number of carbonyl (C=O) groups excluding carboxylic acids is 1. The summed E-state index contributed by atoms with van der Waals surface area (Å²) in [5, 5.41) is 4.97. The lowest BCUT2D eigenvalue weighted by Gasteiger charge is -2.11. The van der Waals surface area contributed by atoms with E-state index in [9.17, 15) is 4.79 Å². The van der Waals surface area contributed by atoms with Crippen molar-refractivity contribution in [2.75, 3.05) is 5.32 Å². The van der Waals surface area contributed by atoms with Gasteiger partial charge in [0.1, 0.15) is 0 Å². The number of thiophene rings is 1. The predicted octanol–water partition coefficient (Wildman–Crippen LogP) is 4.27. The average Bonchev–Trinajstić information content (AvgIpc) is 2.92. The fourth-order valence-corrected chi connectivity index (χ4v) is 2.53. The maximum Gasteiger partial charge on any atom is 0.248 e. The third-order valence-electron chi connectivity index (χ3n) is 2.93. The Morgan fingerprint density at radius 1 is 1.32 bits per heavy atom. The van der Waals surface area contributed by atoms with E-state index in [2.05, 4.69) is 12.2 Å². The number of rotatable bonds is 4. The van der Waals surface area contributed by atoms with Crippen molar-refractivity contribution in [2.45, 2.75) is 20.3 Å². The van der Waals surface area contributed by atoms with Crippen LogP contribution < -0.4 is 5.32 Å². The van der Waals surface area contributed by atoms with Crippen LogP contribution in [-0.2, 0) is 11.2 Å². The van der Waals surface area contributed by atoms with Crippen LogP contribution in [-0.4, -0.2) is 5.91 Å². The SMILES string of the molecule is CCc1cccc(C)c1NC(=O)/C=C/c1cccs1. The summed E-state index contributed by atoms with van der Waals surface area (Å²) in [5.74, 6) is -0.0857. The Morgan fingerprint density at radius 3 is 2.84 bits per heavy atom. The molecule has 0 radical (unpaired) electrons. The van der Waals surface area contributed by atoms with Gasteiger partial charge in [0.05, 0.1) is 0 Å². The van der Waals surface area contributed by atoms with Crippen LogP contribution in [0.5, 0.6) is 0 Å². The quantitative estimate of drug-likeness (QED) is 0.827. The minimum atomic E-state index is -0.0857. The number of anilines is 1. The van der Waals surface area contributed by atoms with Crippen LogP contribution in [0.15, 0.2) is 41.8 Å². The highest BCUT2D eigenvalue weighted by atomic mass is 32.1. The lowest BCUT2D eigenvalue weighted by molar-refractivity contribution is -0.111. The van der Waals surface area contributed by atoms with Crippen molar-refractivity contribution in [1.29, 1.82) is 0 Å². The standard InChI is InChI=1S/C16H17NOS/c1-3-13-7-4-6-12(2)16(13)17-15(18)10-9-14-8-5-11-19-14/h4-11H,3H2,1-2H3,(H,17,18)/b10-9+. The second-order valence-corrected chi connectivity index (χ2v) is 5.28. The number of amides is 1. The molecule has 2 aromatic rings. The Kier molecular flexibility index (Phi) is 4.53. The van der Waals surface area contributed by atoms with Crippen LogP contribution in [0.2, 0.25) is 0 Å². The molecule has 0 aliphatic rings. The molecule has 0 aliphatic carbocycles. The second-order valence-electron chi connectivity index (χ2n) is 4.30. The molecular formula is C16H17NOS. The number of hydrogen-bond acceptors (Lipinski definition) is 2. The fraction of sp³-hybridized carbons (Fsp3) is 0.188. The lowest BCUT2D eigenvalue weighted by Crippen LogP contribution is -2.10. The molecule has 98 valence electrons. The monoisotopic (exact) mass is 271 g/mol. The molecule has 0 aliphatic heterocycles. The van der Waals surface area contributed by atoms with E-state index >= 15 is 0 Å². The van der Waals surface area contributed by atoms with E-state index in [4.69, 9.17) is 0 Å². The first kappa shape index (κ1) is 13.6. The molecule has 2 rings (SSSR count). The minimum absolute atomic E-state index is 0.0857. The van der Waals surface area contributed by atoms with Crippen molar-refractivity contribution in [2.24, 2.45) is 0 Å². The average molecular weight is 271 g/mol. The van der Waals surface area contributed by atoms with E-state index in [1.165, 1.54) is 0 Å². The summed E-state index contributed by atoms with van der Waals surface area (Å²) >= 11 is 1.62. The number of para-hydroxylation sites is 1. The first-order valence-corrected chi connectivity index (χ1v) is 7.19. The van der Waals surface area contributed by atoms with Gasteiger partial charge in [-0.25, -0.2) is 0 Å². The van der Waals surface area contributed by atoms with Gasteiger partial charge in [0, 0.05) is 16.6 Å². The van der Waals surface area contributed by atoms with E-state index in [-0.39, 0.29) is 5.91 Å². The lowest BCUT2D eigenvalue weighted by atomic mass is 10.1. The molecule has 1 heterocycles. The van der Waals surface area contributed by atoms with Crippen molar-refractivity contribution in [3.8, 4) is 0 Å². The predicted molar refractivity (Wildman–Crippen MR) is 82.5 cm³/mol. The van der Waals surface area contributed by atoms with Crippen LogP contribution >= 0.6 is 11.3 Å². The molecule has 0 saturated carbocycles. The summed E-state index contributed by atoms with van der Waals surface area (Å²) in [5.41, 5.74) is 3.20. The number of carbonyl (C=O) groups is 1. The molecule has 1 amide bonds. The number of nitrogens with one attached hydrogen (secondary N) is 1. The van der Waals surface area contributed by atoms with Gasteiger partial charge in [-0.2, -0.15) is 0 Å². The normalized spacial score (nSPS) is 10.8. The third-order valence-corrected chi connectivity index (χ3v) is 3.77. The highest BCUT2D eigenvalue weighted by Crippen LogP contribution is 2.21. The summed E-state index contributed by atoms with van der Waals surface area (Å²) < 4.78 is 0. The van der Waals surface area contributed by atoms with Crippen LogP contribution in [0, 0.1) is 6.92 Å². The molecule has 1 aromatic carbocycles. The van der Waals surface area contributed by atoms with Crippen molar-refractivity contribution < 1.29 is 4.79 Å². The Hall–Kier alpha value is -1.87. The first-order chi connectivity index (χ1) is 9.20. The minimum Gasteiger partial charge on any atom is -0.322 e. The third kappa shape index (κ3) is 3.55. The summed E-state index contributed by atoms with van der Waals surface area (Å²) in [6, 6.07) is 10.0. The molecule has 19 heavy (non-hydrogen) atoms. The molecule has 0 bridgehead atoms. The van der Waals surface area contributed by atoms with Gasteiger partial charge in [-0.3, -0.25) is 4.79 Å². The van der Waals surface area contributed by atoms with Gasteiger partial charge in [0.15, 0.2) is 0 Å². The number of aryl methyl sites for hydroxylation is 2. The van der Waals surface area contributed by atoms with Crippen LogP contribution in [0.3, 0.4) is 0 Å². The van der Waals surface area contributed by atoms with E-state index in [1.807, 2.05) is 48.7 Å². The van der Waals surface area contributed by atoms with Crippen LogP contribution in [0.4, 0.5) is 5.69 Å². The summed E-state index contributed by atoms with van der Waals surface area (Å²) in [7, 11) is 0. The molecule has 0 unspecified atom stereocenters. The van der Waals surface area contributed by atoms with E-state index in [0.717, 1.165) is 28.1 Å². The van der Waals surface area contributed by atoms with Crippen LogP contribution in [0.1, 0.15) is 22.9 Å². The highest BCUT2D eigenvalue weighted by molar-refractivity contribution is 7.10. The van der Waals surface area contributed by atoms with Crippen molar-refractivity contribution >= 4 is 29.0 Å². The number of hydrogen-bond donors (Lipinski definition) is 1. The van der Waals surface area contributed by atoms with Crippen LogP contribution in [0.25, 0.3) is 6.08 Å². The second kappa shape index (κ2) is 6.34. The Labute approximate surface area is 117 Å². The smallest absolute Gasteiger partial charge is 0.248 e. The molecule has 0 atom stereocenters. The van der Waals surface area contributed by atoms with Gasteiger partial charge in [-0.05, 0) is 42.0 Å². The maximum atomic E-state index is 11.9. The summed E-state index contributed by atoms with van der Waals surface area (Å²) in [6.07, 6.45) is 4.33. The number of benzene rings is 1. The zero-order valence-electron chi connectivity index (χ0n) is 11.1. The summed E-state index contributed by atoms with van der Waals surface area (Å²) in [4.78, 5) is 13.0. The molecule has 1 aromatic heterocycles. The van der Waals surface area contributed by atoms with Gasteiger partial charge in [0.25, 0.3) is 0 Å². The Morgan fingerprint density at radius 2 is 2.16 bits per heavy atom. The van der Waals surface area contributed by atoms with Crippen molar-refractivity contribution in [3.63, 3.8) is 0 Å². The molecule has 1 N–H and O–H groups in total. The Bertz CT molecular complexity index is 585. The topological polar surface area (TPSA) is 29.1 Å². The molecule has 2 nitrogen and oxygen atoms in total. The highest BCUT2D eigenvalue weighted by Gasteiger charge is 2.06. The maximum absolute atomic E-state index is 11.9. The van der Waals surface area contributed by atoms with E-state index < -0.39 is 0 Å². The summed E-state index contributed by atoms with van der Waals surface area (Å²) in [6.45, 7) is 4.10. The van der Waals surface area contributed by atoms with E-state index in [0.29, 0.717) is 0 Å². The fourth-order valence-electron chi connectivity index (χ4n) is 1.91. The van der Waals surface area contributed by atoms with Gasteiger partial charge < -0.3 is 5.32 Å². The first-order valence-electron chi connectivity index (χ1n) is 6.31. The largest absolute Gasteiger partial charge is 0.322 e. The van der Waals surface area contributed by atoms with Gasteiger partial charge in [0.2, 0.25) is 5.91 Å². The molecular weight excluding hydrogens is 254 g/mol. The van der Waals surface area contributed by atoms with Gasteiger partial charge >= 0.3 is 0 Å². The molecule has 3 heteroatoms. The van der Waals surface area contributed by atoms with Gasteiger partial charge in [-0.15, -0.1) is 11.3 Å². The van der Waals surface area contributed by atoms with Gasteiger partial charge in [-0.1, -0.05) is 31.2 Å². The zero-order valence-corrected chi connectivity index (χ0v) is 12.0.